The van der Waals surface area contributed by atoms with Gasteiger partial charge >= 0.3 is 0 Å². The number of piperazine rings is 1. The van der Waals surface area contributed by atoms with Crippen molar-refractivity contribution in [3.8, 4) is 6.07 Å². The molecule has 1 atom stereocenters. The minimum absolute atomic E-state index is 0.120. The first-order valence-electron chi connectivity index (χ1n) is 11.0. The average molecular weight is 420 g/mol. The van der Waals surface area contributed by atoms with Gasteiger partial charge in [0.1, 0.15) is 0 Å². The fraction of sp³-hybridized carbons (Fsp3) is 0.222. The molecule has 0 N–H and O–H groups in total. The van der Waals surface area contributed by atoms with E-state index < -0.39 is 0 Å². The smallest absolute Gasteiger partial charge is 0.0998 e. The van der Waals surface area contributed by atoms with E-state index in [-0.39, 0.29) is 6.04 Å². The maximum Gasteiger partial charge on any atom is 0.0998 e. The lowest BCUT2D eigenvalue weighted by Crippen LogP contribution is -2.46. The molecule has 1 aliphatic heterocycles. The maximum atomic E-state index is 9.83. The highest BCUT2D eigenvalue weighted by Gasteiger charge is 2.31. The van der Waals surface area contributed by atoms with E-state index in [1.165, 1.54) is 11.1 Å². The van der Waals surface area contributed by atoms with E-state index in [2.05, 4.69) is 62.5 Å². The van der Waals surface area contributed by atoms with Gasteiger partial charge in [-0.1, -0.05) is 54.6 Å². The van der Waals surface area contributed by atoms with Crippen LogP contribution in [-0.2, 0) is 0 Å². The predicted molar refractivity (Wildman–Crippen MR) is 128 cm³/mol. The van der Waals surface area contributed by atoms with Gasteiger partial charge < -0.3 is 0 Å². The Morgan fingerprint density at radius 2 is 1.69 bits per heavy atom. The molecule has 0 saturated carbocycles. The summed E-state index contributed by atoms with van der Waals surface area (Å²) in [4.78, 5) is 7.02. The van der Waals surface area contributed by atoms with Crippen LogP contribution >= 0.6 is 0 Å². The highest BCUT2D eigenvalue weighted by Crippen LogP contribution is 2.39. The van der Waals surface area contributed by atoms with Gasteiger partial charge in [0.25, 0.3) is 0 Å². The summed E-state index contributed by atoms with van der Waals surface area (Å²) in [6.45, 7) is 5.48. The van der Waals surface area contributed by atoms with Crippen LogP contribution in [0.2, 0.25) is 0 Å². The molecular formula is C27H25N5. The number of hydrogen-bond acceptors (Lipinski definition) is 5. The molecule has 0 spiro atoms. The lowest BCUT2D eigenvalue weighted by atomic mass is 9.91. The number of aromatic nitrogens is 1. The second kappa shape index (κ2) is 8.78. The Morgan fingerprint density at radius 1 is 0.938 bits per heavy atom. The number of pyridine rings is 1. The third-order valence-electron chi connectivity index (χ3n) is 6.18. The van der Waals surface area contributed by atoms with E-state index >= 15 is 0 Å². The Labute approximate surface area is 188 Å². The van der Waals surface area contributed by atoms with E-state index in [4.69, 9.17) is 0 Å². The first kappa shape index (κ1) is 20.2. The number of nitriles is 1. The summed E-state index contributed by atoms with van der Waals surface area (Å²) in [5, 5.41) is 16.6. The summed E-state index contributed by atoms with van der Waals surface area (Å²) in [6.07, 6.45) is 3.88. The first-order chi connectivity index (χ1) is 15.7. The van der Waals surface area contributed by atoms with Gasteiger partial charge in [-0.05, 0) is 47.4 Å². The highest BCUT2D eigenvalue weighted by molar-refractivity contribution is 5.93. The Kier molecular flexibility index (Phi) is 5.53. The minimum Gasteiger partial charge on any atom is -0.294 e. The molecule has 1 saturated heterocycles. The Balaban J connectivity index is 1.41. The standard InChI is InChI=1S/C27H25N5/c1-20-7-6-9-23(30-20)19-29-32-15-13-31(14-16-32)27-25-11-3-2-8-21(25)17-22(18-28)24-10-4-5-12-26(24)27/h2-12,17,19,27H,13-16H2,1H3/b29-19+. The third kappa shape index (κ3) is 3.93. The summed E-state index contributed by atoms with van der Waals surface area (Å²) < 4.78 is 0. The molecule has 1 unspecified atom stereocenters. The van der Waals surface area contributed by atoms with Gasteiger partial charge in [0.2, 0.25) is 0 Å². The van der Waals surface area contributed by atoms with Crippen molar-refractivity contribution < 1.29 is 0 Å². The van der Waals surface area contributed by atoms with Gasteiger partial charge in [0, 0.05) is 31.9 Å². The molecule has 0 bridgehead atoms. The second-order valence-corrected chi connectivity index (χ2v) is 8.23. The lowest BCUT2D eigenvalue weighted by molar-refractivity contribution is 0.112. The Hall–Kier alpha value is -3.75. The molecule has 32 heavy (non-hydrogen) atoms. The number of benzene rings is 2. The number of fused-ring (bicyclic) bond motifs is 2. The SMILES string of the molecule is Cc1cccc(/C=N/N2CCN(C3c4ccccc4C=C(C#N)c4ccccc43)CC2)n1. The second-order valence-electron chi connectivity index (χ2n) is 8.23. The fourth-order valence-corrected chi connectivity index (χ4v) is 4.62. The minimum atomic E-state index is 0.120. The summed E-state index contributed by atoms with van der Waals surface area (Å²) in [5.74, 6) is 0. The normalized spacial score (nSPS) is 18.4. The molecule has 2 aliphatic rings. The van der Waals surface area contributed by atoms with Gasteiger partial charge in [-0.15, -0.1) is 0 Å². The molecule has 5 nitrogen and oxygen atoms in total. The van der Waals surface area contributed by atoms with E-state index in [0.717, 1.165) is 54.3 Å². The molecule has 3 aromatic rings. The number of nitrogens with zero attached hydrogens (tertiary/aromatic N) is 5. The van der Waals surface area contributed by atoms with Gasteiger partial charge in [0.05, 0.1) is 29.6 Å². The zero-order valence-electron chi connectivity index (χ0n) is 18.1. The number of aryl methyl sites for hydroxylation is 1. The van der Waals surface area contributed by atoms with Crippen molar-refractivity contribution in [3.05, 3.63) is 100 Å². The van der Waals surface area contributed by atoms with Crippen molar-refractivity contribution >= 4 is 17.9 Å². The lowest BCUT2D eigenvalue weighted by Gasteiger charge is -2.39. The van der Waals surface area contributed by atoms with Crippen molar-refractivity contribution in [1.82, 2.24) is 14.9 Å². The van der Waals surface area contributed by atoms with Crippen LogP contribution in [0, 0.1) is 18.3 Å². The van der Waals surface area contributed by atoms with Crippen LogP contribution in [0.15, 0.2) is 71.8 Å². The molecule has 158 valence electrons. The van der Waals surface area contributed by atoms with Gasteiger partial charge in [-0.25, -0.2) is 0 Å². The Morgan fingerprint density at radius 3 is 2.47 bits per heavy atom. The Bertz CT molecular complexity index is 1230. The molecular weight excluding hydrogens is 394 g/mol. The molecule has 0 radical (unpaired) electrons. The third-order valence-corrected chi connectivity index (χ3v) is 6.18. The highest BCUT2D eigenvalue weighted by atomic mass is 15.5. The molecule has 5 rings (SSSR count). The zero-order valence-corrected chi connectivity index (χ0v) is 18.1. The molecule has 2 aromatic carbocycles. The van der Waals surface area contributed by atoms with Gasteiger partial charge in [-0.2, -0.15) is 10.4 Å². The van der Waals surface area contributed by atoms with Crippen LogP contribution in [-0.4, -0.2) is 47.3 Å². The maximum absolute atomic E-state index is 9.83. The van der Waals surface area contributed by atoms with Crippen molar-refractivity contribution in [2.75, 3.05) is 26.2 Å². The van der Waals surface area contributed by atoms with Crippen LogP contribution in [0.5, 0.6) is 0 Å². The van der Waals surface area contributed by atoms with Crippen LogP contribution < -0.4 is 0 Å². The van der Waals surface area contributed by atoms with E-state index in [1.54, 1.807) is 0 Å². The topological polar surface area (TPSA) is 55.5 Å². The number of hydrazone groups is 1. The first-order valence-corrected chi connectivity index (χ1v) is 11.0. The number of rotatable bonds is 3. The molecule has 5 heteroatoms. The van der Waals surface area contributed by atoms with E-state index in [0.29, 0.717) is 0 Å². The summed E-state index contributed by atoms with van der Waals surface area (Å²) in [6, 6.07) is 25.3. The summed E-state index contributed by atoms with van der Waals surface area (Å²) >= 11 is 0. The van der Waals surface area contributed by atoms with Crippen LogP contribution in [0.1, 0.15) is 39.7 Å². The van der Waals surface area contributed by atoms with Crippen molar-refractivity contribution in [2.45, 2.75) is 13.0 Å². The van der Waals surface area contributed by atoms with Crippen LogP contribution in [0.4, 0.5) is 0 Å². The average Bonchev–Trinajstić information content (AvgIpc) is 2.97. The van der Waals surface area contributed by atoms with Gasteiger partial charge in [0.15, 0.2) is 0 Å². The molecule has 2 heterocycles. The van der Waals surface area contributed by atoms with Crippen molar-refractivity contribution in [3.63, 3.8) is 0 Å². The summed E-state index contributed by atoms with van der Waals surface area (Å²) in [5.41, 5.74) is 7.21. The molecule has 1 aromatic heterocycles. The zero-order chi connectivity index (χ0) is 21.9. The number of hydrogen-bond donors (Lipinski definition) is 0. The monoisotopic (exact) mass is 419 g/mol. The van der Waals surface area contributed by atoms with Gasteiger partial charge in [-0.3, -0.25) is 14.9 Å². The van der Waals surface area contributed by atoms with Crippen molar-refractivity contribution in [2.24, 2.45) is 5.10 Å². The van der Waals surface area contributed by atoms with Crippen molar-refractivity contribution in [1.29, 1.82) is 5.26 Å². The molecule has 1 fully saturated rings. The van der Waals surface area contributed by atoms with Crippen LogP contribution in [0.3, 0.4) is 0 Å². The number of allylic oxidation sites excluding steroid dienone is 1. The largest absolute Gasteiger partial charge is 0.294 e. The molecule has 0 amide bonds. The van der Waals surface area contributed by atoms with E-state index in [1.807, 2.05) is 49.5 Å². The summed E-state index contributed by atoms with van der Waals surface area (Å²) in [7, 11) is 0. The molecule has 1 aliphatic carbocycles. The fourth-order valence-electron chi connectivity index (χ4n) is 4.62. The van der Waals surface area contributed by atoms with Crippen LogP contribution in [0.25, 0.3) is 11.6 Å². The predicted octanol–water partition coefficient (Wildman–Crippen LogP) is 4.51. The van der Waals surface area contributed by atoms with E-state index in [9.17, 15) is 5.26 Å². The quantitative estimate of drug-likeness (QED) is 0.586.